The molecule has 280 valence electrons. The van der Waals surface area contributed by atoms with Crippen molar-refractivity contribution < 1.29 is 59.9 Å². The van der Waals surface area contributed by atoms with Gasteiger partial charge in [0.1, 0.15) is 12.6 Å². The number of aliphatic hydroxyl groups excluding tert-OH is 1. The number of carbonyl (C=O) groups is 1. The van der Waals surface area contributed by atoms with Gasteiger partial charge >= 0.3 is 6.18 Å². The average Bonchev–Trinajstić information content (AvgIpc) is 3.25. The van der Waals surface area contributed by atoms with E-state index in [0.717, 1.165) is 73.8 Å². The van der Waals surface area contributed by atoms with E-state index in [2.05, 4.69) is 0 Å². The molecule has 12 heteroatoms. The van der Waals surface area contributed by atoms with E-state index < -0.39 is 155 Å². The number of fused-ring (bicyclic) bond motifs is 1. The molecule has 0 spiro atoms. The summed E-state index contributed by atoms with van der Waals surface area (Å²) in [6.45, 7) is -17.2. The zero-order valence-electron chi connectivity index (χ0n) is 45.0. The molecule has 1 fully saturated rings. The maximum atomic E-state index is 15.5. The van der Waals surface area contributed by atoms with E-state index in [1.54, 1.807) is 0 Å². The number of alkyl halides is 3. The molecule has 2 aliphatic heterocycles. The number of anilines is 1. The van der Waals surface area contributed by atoms with Gasteiger partial charge in [-0.05, 0) is 66.7 Å². The van der Waals surface area contributed by atoms with Gasteiger partial charge in [0, 0.05) is 75.4 Å². The minimum absolute atomic E-state index is 0.127. The van der Waals surface area contributed by atoms with Crippen LogP contribution in [0, 0.1) is 18.6 Å². The van der Waals surface area contributed by atoms with Gasteiger partial charge in [0.25, 0.3) is 0 Å². The first-order chi connectivity index (χ1) is 32.0. The number of hydrogen-bond acceptors (Lipinski definition) is 6. The molecule has 4 aromatic carbocycles. The van der Waals surface area contributed by atoms with Crippen LogP contribution in [0.15, 0.2) is 95.9 Å². The summed E-state index contributed by atoms with van der Waals surface area (Å²) in [7, 11) is 0.912. The summed E-state index contributed by atoms with van der Waals surface area (Å²) in [5.41, 5.74) is -3.28. The summed E-state index contributed by atoms with van der Waals surface area (Å²) in [6.07, 6.45) is -15.7. The number of piperidine rings is 1. The summed E-state index contributed by atoms with van der Waals surface area (Å²) in [4.78, 5) is 15.2. The fourth-order valence-electron chi connectivity index (χ4n) is 5.13. The highest BCUT2D eigenvalue weighted by Crippen LogP contribution is 2.41. The normalized spacial score (nSPS) is 26.5. The van der Waals surface area contributed by atoms with Crippen LogP contribution in [0.3, 0.4) is 0 Å². The standard InChI is InChI=1S/C41H42F5N3O3S/c1-27-6-15-36-34(22-27)37(50)23-39(53-26-31-4-3-5-35(42)40(31)43)49(36)25-38(51)48(33-16-18-47(19-17-33)20-21-52-2)24-28-7-9-29(10-8-28)30-11-13-32(14-12-30)41(44,45)46/h3-15,22-23,33,37,50H,16-21,24-26H2,1-2H3/i6D,15D,16D2,17D2,18D2,19D2,20D2,22D,23D,24D2,33D. The van der Waals surface area contributed by atoms with Crippen molar-refractivity contribution in [3.63, 3.8) is 0 Å². The van der Waals surface area contributed by atoms with E-state index >= 15 is 9.18 Å². The Morgan fingerprint density at radius 2 is 1.75 bits per heavy atom. The van der Waals surface area contributed by atoms with Gasteiger partial charge < -0.3 is 24.5 Å². The highest BCUT2D eigenvalue weighted by atomic mass is 32.2. The van der Waals surface area contributed by atoms with E-state index in [-0.39, 0.29) is 22.3 Å². The van der Waals surface area contributed by atoms with Crippen molar-refractivity contribution in [1.29, 1.82) is 0 Å². The van der Waals surface area contributed by atoms with Gasteiger partial charge in [-0.2, -0.15) is 13.2 Å². The summed E-state index contributed by atoms with van der Waals surface area (Å²) in [5.74, 6) is -5.20. The molecule has 1 saturated heterocycles. The van der Waals surface area contributed by atoms with Gasteiger partial charge in [-0.15, -0.1) is 11.8 Å². The lowest BCUT2D eigenvalue weighted by Crippen LogP contribution is -2.50. The van der Waals surface area contributed by atoms with Crippen molar-refractivity contribution in [1.82, 2.24) is 9.80 Å². The van der Waals surface area contributed by atoms with Crippen molar-refractivity contribution in [2.45, 2.75) is 50.2 Å². The van der Waals surface area contributed by atoms with Crippen molar-refractivity contribution in [2.75, 3.05) is 44.7 Å². The molecule has 2 heterocycles. The van der Waals surface area contributed by atoms with Crippen LogP contribution in [0.1, 0.15) is 70.0 Å². The zero-order valence-corrected chi connectivity index (χ0v) is 28.8. The number of nitrogens with zero attached hydrogens (tertiary/aromatic N) is 3. The third-order valence-electron chi connectivity index (χ3n) is 7.77. The molecule has 0 aromatic heterocycles. The summed E-state index contributed by atoms with van der Waals surface area (Å²) >= 11 is 0.426. The third-order valence-corrected chi connectivity index (χ3v) is 8.83. The summed E-state index contributed by atoms with van der Waals surface area (Å²) < 4.78 is 229. The number of carbonyl (C=O) groups excluding carboxylic acids is 1. The minimum atomic E-state index is -4.70. The van der Waals surface area contributed by atoms with Crippen LogP contribution in [-0.4, -0.2) is 66.6 Å². The maximum absolute atomic E-state index is 15.5. The van der Waals surface area contributed by atoms with Crippen LogP contribution in [0.5, 0.6) is 0 Å². The number of methoxy groups -OCH3 is 1. The highest BCUT2D eigenvalue weighted by Gasteiger charge is 2.33. The maximum Gasteiger partial charge on any atom is 0.416 e. The Balaban J connectivity index is 1.62. The lowest BCUT2D eigenvalue weighted by Gasteiger charge is -2.40. The first kappa shape index (κ1) is 22.2. The van der Waals surface area contributed by atoms with Crippen LogP contribution >= 0.6 is 11.8 Å². The van der Waals surface area contributed by atoms with Gasteiger partial charge in [-0.1, -0.05) is 66.2 Å². The fourth-order valence-corrected chi connectivity index (χ4v) is 6.15. The molecule has 2 aliphatic rings. The molecule has 4 aromatic rings. The third kappa shape index (κ3) is 9.29. The Kier molecular flexibility index (Phi) is 7.06. The molecule has 0 radical (unpaired) electrons. The number of aliphatic hydroxyl groups is 1. The molecule has 1 unspecified atom stereocenters. The Hall–Kier alpha value is -4.23. The predicted octanol–water partition coefficient (Wildman–Crippen LogP) is 8.73. The molecule has 0 aliphatic carbocycles. The van der Waals surface area contributed by atoms with Crippen molar-refractivity contribution in [3.8, 4) is 11.1 Å². The second kappa shape index (κ2) is 16.8. The SMILES string of the molecule is [2H]C1=C(SCc2cccc(F)c2F)N(CC(=O)N(C([2H])([2H])c2ccc(-c3ccc(C(F)(F)F)cc3)cc2)C2([2H])C([2H])([2H])C([2H])([2H])N(C([2H])([2H])COC)C([2H])([2H])C2([2H])[2H])c2c([2H])c([2H])c(C)c([2H])c2C1O. The Labute approximate surface area is 334 Å². The number of halogens is 5. The van der Waals surface area contributed by atoms with Crippen molar-refractivity contribution in [2.24, 2.45) is 0 Å². The molecule has 1 N–H and O–H groups in total. The quantitative estimate of drug-likeness (QED) is 0.146. The minimum Gasteiger partial charge on any atom is -0.384 e. The number of thioether (sulfide) groups is 1. The van der Waals surface area contributed by atoms with Gasteiger partial charge in [-0.25, -0.2) is 8.78 Å². The molecule has 6 rings (SSSR count). The second-order valence-electron chi connectivity index (χ2n) is 11.4. The molecule has 0 bridgehead atoms. The lowest BCUT2D eigenvalue weighted by molar-refractivity contribution is -0.137. The molecule has 6 nitrogen and oxygen atoms in total. The topological polar surface area (TPSA) is 56.3 Å². The van der Waals surface area contributed by atoms with E-state index in [1.807, 2.05) is 0 Å². The first-order valence-corrected chi connectivity index (χ1v) is 16.7. The van der Waals surface area contributed by atoms with E-state index in [1.165, 1.54) is 6.92 Å². The number of likely N-dealkylation sites (tertiary alicyclic amines) is 1. The van der Waals surface area contributed by atoms with E-state index in [0.29, 0.717) is 16.7 Å². The Morgan fingerprint density at radius 3 is 2.42 bits per heavy atom. The van der Waals surface area contributed by atoms with E-state index in [9.17, 15) is 32.3 Å². The molecule has 1 atom stereocenters. The van der Waals surface area contributed by atoms with E-state index in [4.69, 9.17) is 18.4 Å². The summed E-state index contributed by atoms with van der Waals surface area (Å²) in [5, 5.41) is 10.9. The van der Waals surface area contributed by atoms with Crippen LogP contribution < -0.4 is 4.90 Å². The Bertz CT molecular complexity index is 2700. The molecule has 53 heavy (non-hydrogen) atoms. The van der Waals surface area contributed by atoms with Gasteiger partial charge in [0.15, 0.2) is 11.6 Å². The van der Waals surface area contributed by atoms with Crippen molar-refractivity contribution >= 4 is 23.4 Å². The molecular weight excluding hydrogens is 710 g/mol. The number of amides is 1. The highest BCUT2D eigenvalue weighted by molar-refractivity contribution is 8.02. The second-order valence-corrected chi connectivity index (χ2v) is 12.4. The molecule has 0 saturated carbocycles. The zero-order chi connectivity index (χ0) is 52.9. The van der Waals surface area contributed by atoms with Gasteiger partial charge in [-0.3, -0.25) is 4.79 Å². The average molecular weight is 769 g/mol. The molecular formula is C41H42F5N3O3S. The van der Waals surface area contributed by atoms with Gasteiger partial charge in [0.05, 0.1) is 26.8 Å². The summed E-state index contributed by atoms with van der Waals surface area (Å²) in [6, 6.07) is 3.28. The fraction of sp³-hybridized carbons (Fsp3) is 0.341. The molecule has 1 amide bonds. The van der Waals surface area contributed by atoms with Crippen molar-refractivity contribution in [3.05, 3.63) is 135 Å². The number of rotatable bonds is 12. The largest absolute Gasteiger partial charge is 0.416 e. The van der Waals surface area contributed by atoms with Crippen LogP contribution in [-0.2, 0) is 28.0 Å². The monoisotopic (exact) mass is 768 g/mol. The lowest BCUT2D eigenvalue weighted by atomic mass is 9.99. The van der Waals surface area contributed by atoms with Gasteiger partial charge in [0.2, 0.25) is 5.91 Å². The predicted molar refractivity (Wildman–Crippen MR) is 198 cm³/mol. The van der Waals surface area contributed by atoms with Crippen LogP contribution in [0.4, 0.5) is 27.6 Å². The number of ether oxygens (including phenoxy) is 1. The van der Waals surface area contributed by atoms with Crippen LogP contribution in [0.2, 0.25) is 0 Å². The number of benzene rings is 4. The number of hydrogen-bond donors (Lipinski definition) is 1. The Morgan fingerprint density at radius 1 is 1.08 bits per heavy atom. The first-order valence-electron chi connectivity index (χ1n) is 24.2. The smallest absolute Gasteiger partial charge is 0.384 e. The van der Waals surface area contributed by atoms with Crippen LogP contribution in [0.25, 0.3) is 11.1 Å².